The molecule has 21 heavy (non-hydrogen) atoms. The smallest absolute Gasteiger partial charge is 0.151 e. The minimum Gasteiger partial charge on any atom is -0.324 e. The number of hydrogen-bond acceptors (Lipinski definition) is 2. The molecule has 1 aromatic heterocycles. The minimum atomic E-state index is -0.237. The topological polar surface area (TPSA) is 17.8 Å². The first-order valence-electron chi connectivity index (χ1n) is 7.50. The van der Waals surface area contributed by atoms with E-state index in [4.69, 9.17) is 11.6 Å². The van der Waals surface area contributed by atoms with Gasteiger partial charge in [-0.2, -0.15) is 11.8 Å². The highest BCUT2D eigenvalue weighted by molar-refractivity contribution is 7.99. The number of aryl methyl sites for hydroxylation is 1. The van der Waals surface area contributed by atoms with E-state index in [1.807, 2.05) is 17.8 Å². The van der Waals surface area contributed by atoms with Crippen LogP contribution < -0.4 is 0 Å². The number of hydrogen-bond donors (Lipinski definition) is 0. The number of rotatable bonds is 4. The number of benzene rings is 1. The summed E-state index contributed by atoms with van der Waals surface area (Å²) in [5.41, 5.74) is 1.41. The van der Waals surface area contributed by atoms with Gasteiger partial charge in [0.05, 0.1) is 5.52 Å². The van der Waals surface area contributed by atoms with Crippen LogP contribution in [0.5, 0.6) is 0 Å². The van der Waals surface area contributed by atoms with Crippen molar-refractivity contribution in [2.45, 2.75) is 43.4 Å². The fourth-order valence-electron chi connectivity index (χ4n) is 3.41. The van der Waals surface area contributed by atoms with E-state index in [2.05, 4.69) is 15.8 Å². The number of aromatic nitrogens is 2. The molecule has 1 aliphatic carbocycles. The zero-order chi connectivity index (χ0) is 14.8. The standard InChI is InChI=1S/C16H20ClFN2S/c1-21-14-8-3-2-6-12(14)20-13-7-4-5-11(18)16(13)19-15(20)9-10-17/h4-5,7,12,14H,2-3,6,8-10H2,1H3. The summed E-state index contributed by atoms with van der Waals surface area (Å²) in [5.74, 6) is 1.20. The maximum Gasteiger partial charge on any atom is 0.151 e. The molecule has 0 amide bonds. The van der Waals surface area contributed by atoms with Gasteiger partial charge in [-0.3, -0.25) is 0 Å². The fraction of sp³-hybridized carbons (Fsp3) is 0.562. The lowest BCUT2D eigenvalue weighted by molar-refractivity contribution is 0.364. The maximum absolute atomic E-state index is 14.1. The Morgan fingerprint density at radius 1 is 1.38 bits per heavy atom. The van der Waals surface area contributed by atoms with E-state index in [1.54, 1.807) is 6.07 Å². The van der Waals surface area contributed by atoms with Crippen molar-refractivity contribution in [1.82, 2.24) is 9.55 Å². The molecule has 0 radical (unpaired) electrons. The average molecular weight is 327 g/mol. The molecule has 3 rings (SSSR count). The summed E-state index contributed by atoms with van der Waals surface area (Å²) in [6.07, 6.45) is 7.74. The number of thioether (sulfide) groups is 1. The largest absolute Gasteiger partial charge is 0.324 e. The molecular weight excluding hydrogens is 307 g/mol. The molecule has 1 fully saturated rings. The Balaban J connectivity index is 2.14. The molecule has 2 aromatic rings. The molecule has 2 unspecified atom stereocenters. The van der Waals surface area contributed by atoms with Gasteiger partial charge < -0.3 is 4.57 Å². The molecule has 1 aliphatic rings. The Kier molecular flexibility index (Phi) is 4.75. The van der Waals surface area contributed by atoms with Crippen molar-refractivity contribution in [3.8, 4) is 0 Å². The number of halogens is 2. The van der Waals surface area contributed by atoms with Crippen LogP contribution in [0.25, 0.3) is 11.0 Å². The quantitative estimate of drug-likeness (QED) is 0.751. The molecule has 1 heterocycles. The first-order chi connectivity index (χ1) is 10.3. The number of alkyl halides is 1. The Bertz CT molecular complexity index is 628. The van der Waals surface area contributed by atoms with Crippen molar-refractivity contribution in [3.05, 3.63) is 29.8 Å². The third kappa shape index (κ3) is 2.80. The first kappa shape index (κ1) is 15.2. The second-order valence-corrected chi connectivity index (χ2v) is 7.03. The van der Waals surface area contributed by atoms with Crippen molar-refractivity contribution in [3.63, 3.8) is 0 Å². The molecule has 1 saturated carbocycles. The van der Waals surface area contributed by atoms with Crippen molar-refractivity contribution < 1.29 is 4.39 Å². The number of fused-ring (bicyclic) bond motifs is 1. The third-order valence-electron chi connectivity index (χ3n) is 4.36. The molecule has 0 saturated heterocycles. The second kappa shape index (κ2) is 6.57. The van der Waals surface area contributed by atoms with Gasteiger partial charge >= 0.3 is 0 Å². The van der Waals surface area contributed by atoms with Gasteiger partial charge in [0.2, 0.25) is 0 Å². The molecule has 0 N–H and O–H groups in total. The van der Waals surface area contributed by atoms with Crippen LogP contribution in [0.15, 0.2) is 18.2 Å². The van der Waals surface area contributed by atoms with Crippen LogP contribution >= 0.6 is 23.4 Å². The molecule has 0 bridgehead atoms. The highest BCUT2D eigenvalue weighted by atomic mass is 35.5. The van der Waals surface area contributed by atoms with Crippen LogP contribution in [0.4, 0.5) is 4.39 Å². The van der Waals surface area contributed by atoms with E-state index in [1.165, 1.54) is 25.3 Å². The van der Waals surface area contributed by atoms with E-state index >= 15 is 0 Å². The third-order valence-corrected chi connectivity index (χ3v) is 5.71. The van der Waals surface area contributed by atoms with E-state index < -0.39 is 0 Å². The second-order valence-electron chi connectivity index (χ2n) is 5.57. The fourth-order valence-corrected chi connectivity index (χ4v) is 4.55. The van der Waals surface area contributed by atoms with Crippen molar-refractivity contribution >= 4 is 34.4 Å². The molecular formula is C16H20ClFN2S. The van der Waals surface area contributed by atoms with Gasteiger partial charge in [-0.1, -0.05) is 18.9 Å². The summed E-state index contributed by atoms with van der Waals surface area (Å²) < 4.78 is 16.3. The van der Waals surface area contributed by atoms with Gasteiger partial charge in [0, 0.05) is 23.6 Å². The van der Waals surface area contributed by atoms with E-state index in [-0.39, 0.29) is 5.82 Å². The Hall–Kier alpha value is -0.740. The molecule has 2 nitrogen and oxygen atoms in total. The van der Waals surface area contributed by atoms with Gasteiger partial charge in [0.25, 0.3) is 0 Å². The summed E-state index contributed by atoms with van der Waals surface area (Å²) in [4.78, 5) is 4.54. The van der Waals surface area contributed by atoms with Crippen LogP contribution in [0.2, 0.25) is 0 Å². The number of para-hydroxylation sites is 1. The Morgan fingerprint density at radius 3 is 2.95 bits per heavy atom. The highest BCUT2D eigenvalue weighted by Crippen LogP contribution is 2.38. The van der Waals surface area contributed by atoms with Crippen LogP contribution in [0, 0.1) is 5.82 Å². The monoisotopic (exact) mass is 326 g/mol. The number of imidazole rings is 1. The normalized spacial score (nSPS) is 22.8. The summed E-state index contributed by atoms with van der Waals surface area (Å²) in [7, 11) is 0. The molecule has 5 heteroatoms. The molecule has 0 spiro atoms. The van der Waals surface area contributed by atoms with E-state index in [0.29, 0.717) is 29.1 Å². The van der Waals surface area contributed by atoms with Crippen LogP contribution in [-0.2, 0) is 6.42 Å². The maximum atomic E-state index is 14.1. The summed E-state index contributed by atoms with van der Waals surface area (Å²) in [5, 5.41) is 0.577. The SMILES string of the molecule is CSC1CCCCC1n1c(CCCl)nc2c(F)cccc21. The van der Waals surface area contributed by atoms with Gasteiger partial charge in [0.15, 0.2) is 5.82 Å². The zero-order valence-electron chi connectivity index (χ0n) is 12.2. The summed E-state index contributed by atoms with van der Waals surface area (Å²) in [6, 6.07) is 5.64. The Labute approximate surface area is 134 Å². The summed E-state index contributed by atoms with van der Waals surface area (Å²) >= 11 is 7.85. The zero-order valence-corrected chi connectivity index (χ0v) is 13.8. The van der Waals surface area contributed by atoms with Crippen molar-refractivity contribution in [2.24, 2.45) is 0 Å². The molecule has 2 atom stereocenters. The average Bonchev–Trinajstić information content (AvgIpc) is 2.87. The lowest BCUT2D eigenvalue weighted by Gasteiger charge is -2.33. The lowest BCUT2D eigenvalue weighted by atomic mass is 9.94. The van der Waals surface area contributed by atoms with E-state index in [9.17, 15) is 4.39 Å². The van der Waals surface area contributed by atoms with Crippen molar-refractivity contribution in [2.75, 3.05) is 12.1 Å². The lowest BCUT2D eigenvalue weighted by Crippen LogP contribution is -2.26. The number of nitrogens with zero attached hydrogens (tertiary/aromatic N) is 2. The van der Waals surface area contributed by atoms with Gasteiger partial charge in [-0.25, -0.2) is 9.37 Å². The summed E-state index contributed by atoms with van der Waals surface area (Å²) in [6.45, 7) is 0. The molecule has 0 aliphatic heterocycles. The predicted molar refractivity (Wildman–Crippen MR) is 88.9 cm³/mol. The molecule has 114 valence electrons. The first-order valence-corrected chi connectivity index (χ1v) is 9.32. The minimum absolute atomic E-state index is 0.237. The molecule has 1 aromatic carbocycles. The highest BCUT2D eigenvalue weighted by Gasteiger charge is 2.29. The van der Waals surface area contributed by atoms with Gasteiger partial charge in [-0.05, 0) is 31.2 Å². The van der Waals surface area contributed by atoms with Crippen LogP contribution in [0.1, 0.15) is 37.5 Å². The van der Waals surface area contributed by atoms with Crippen LogP contribution in [-0.4, -0.2) is 26.9 Å². The van der Waals surface area contributed by atoms with Gasteiger partial charge in [0.1, 0.15) is 11.3 Å². The van der Waals surface area contributed by atoms with Crippen LogP contribution in [0.3, 0.4) is 0 Å². The van der Waals surface area contributed by atoms with Gasteiger partial charge in [-0.15, -0.1) is 11.6 Å². The van der Waals surface area contributed by atoms with Crippen molar-refractivity contribution in [1.29, 1.82) is 0 Å². The predicted octanol–water partition coefficient (Wildman–Crippen LogP) is 4.80. The Morgan fingerprint density at radius 2 is 2.19 bits per heavy atom. The van der Waals surface area contributed by atoms with E-state index in [0.717, 1.165) is 17.8 Å².